The summed E-state index contributed by atoms with van der Waals surface area (Å²) in [6.45, 7) is 4.90. The lowest BCUT2D eigenvalue weighted by molar-refractivity contribution is -0.144. The van der Waals surface area contributed by atoms with Gasteiger partial charge in [0.1, 0.15) is 13.2 Å². The van der Waals surface area contributed by atoms with Crippen LogP contribution in [0, 0.1) is 0 Å². The van der Waals surface area contributed by atoms with Crippen LogP contribution < -0.4 is 9.47 Å². The van der Waals surface area contributed by atoms with E-state index in [2.05, 4.69) is 19.1 Å². The van der Waals surface area contributed by atoms with E-state index in [1.165, 1.54) is 24.0 Å². The first-order valence-corrected chi connectivity index (χ1v) is 11.1. The molecule has 1 saturated carbocycles. The average Bonchev–Trinajstić information content (AvgIpc) is 3.21. The molecule has 1 saturated heterocycles. The predicted octanol–water partition coefficient (Wildman–Crippen LogP) is 3.19. The van der Waals surface area contributed by atoms with Crippen LogP contribution in [0.1, 0.15) is 69.0 Å². The molecule has 1 spiro atoms. The van der Waals surface area contributed by atoms with Gasteiger partial charge in [0.15, 0.2) is 11.5 Å². The summed E-state index contributed by atoms with van der Waals surface area (Å²) in [7, 11) is 0. The highest BCUT2D eigenvalue weighted by Gasteiger charge is 2.46. The number of ether oxygens (including phenoxy) is 2. The number of hydrogen-bond donors (Lipinski definition) is 0. The van der Waals surface area contributed by atoms with Gasteiger partial charge in [0.25, 0.3) is 0 Å². The minimum absolute atomic E-state index is 0.000746. The molecule has 0 bridgehead atoms. The van der Waals surface area contributed by atoms with Crippen molar-refractivity contribution in [1.29, 1.82) is 0 Å². The molecule has 4 aliphatic rings. The molecule has 29 heavy (non-hydrogen) atoms. The Labute approximate surface area is 172 Å². The quantitative estimate of drug-likeness (QED) is 0.768. The number of likely N-dealkylation sites (tertiary alicyclic amines) is 1. The van der Waals surface area contributed by atoms with E-state index in [4.69, 9.17) is 9.47 Å². The first-order valence-electron chi connectivity index (χ1n) is 11.1. The molecule has 0 radical (unpaired) electrons. The Morgan fingerprint density at radius 1 is 1.10 bits per heavy atom. The molecule has 156 valence electrons. The number of fused-ring (bicyclic) bond motifs is 3. The van der Waals surface area contributed by atoms with E-state index in [-0.39, 0.29) is 29.8 Å². The van der Waals surface area contributed by atoms with Gasteiger partial charge < -0.3 is 19.3 Å². The molecule has 1 unspecified atom stereocenters. The van der Waals surface area contributed by atoms with Crippen LogP contribution in [-0.2, 0) is 15.0 Å². The second-order valence-electron chi connectivity index (χ2n) is 9.04. The first kappa shape index (κ1) is 18.8. The van der Waals surface area contributed by atoms with Crippen molar-refractivity contribution < 1.29 is 19.1 Å². The third-order valence-electron chi connectivity index (χ3n) is 7.30. The van der Waals surface area contributed by atoms with E-state index < -0.39 is 0 Å². The van der Waals surface area contributed by atoms with E-state index in [1.807, 2.05) is 4.90 Å². The van der Waals surface area contributed by atoms with Gasteiger partial charge >= 0.3 is 0 Å². The van der Waals surface area contributed by atoms with Crippen molar-refractivity contribution in [3.8, 4) is 11.5 Å². The van der Waals surface area contributed by atoms with E-state index in [0.29, 0.717) is 26.2 Å². The largest absolute Gasteiger partial charge is 0.486 e. The molecule has 6 heteroatoms. The zero-order chi connectivity index (χ0) is 20.0. The predicted molar refractivity (Wildman–Crippen MR) is 108 cm³/mol. The van der Waals surface area contributed by atoms with E-state index >= 15 is 0 Å². The zero-order valence-corrected chi connectivity index (χ0v) is 17.2. The molecule has 1 aliphatic carbocycles. The second kappa shape index (κ2) is 7.22. The Morgan fingerprint density at radius 2 is 1.83 bits per heavy atom. The molecule has 0 aromatic heterocycles. The molecule has 5 rings (SSSR count). The van der Waals surface area contributed by atoms with Crippen LogP contribution in [0.5, 0.6) is 11.5 Å². The van der Waals surface area contributed by atoms with Crippen LogP contribution in [0.4, 0.5) is 0 Å². The number of carbonyl (C=O) groups excluding carboxylic acids is 2. The number of rotatable bonds is 2. The molecule has 3 heterocycles. The van der Waals surface area contributed by atoms with Gasteiger partial charge in [-0.05, 0) is 55.9 Å². The maximum atomic E-state index is 13.3. The summed E-state index contributed by atoms with van der Waals surface area (Å²) in [6, 6.07) is 4.25. The van der Waals surface area contributed by atoms with Gasteiger partial charge in [-0.2, -0.15) is 0 Å². The molecule has 1 aromatic carbocycles. The molecule has 1 atom stereocenters. The van der Waals surface area contributed by atoms with E-state index in [0.717, 1.165) is 43.7 Å². The maximum Gasteiger partial charge on any atom is 0.242 e. The second-order valence-corrected chi connectivity index (χ2v) is 9.04. The van der Waals surface area contributed by atoms with Crippen LogP contribution in [0.2, 0.25) is 0 Å². The highest BCUT2D eigenvalue weighted by atomic mass is 16.6. The molecule has 0 N–H and O–H groups in total. The van der Waals surface area contributed by atoms with Gasteiger partial charge in [-0.25, -0.2) is 0 Å². The fourth-order valence-corrected chi connectivity index (χ4v) is 5.69. The van der Waals surface area contributed by atoms with Gasteiger partial charge in [0.05, 0.1) is 12.6 Å². The monoisotopic (exact) mass is 398 g/mol. The fourth-order valence-electron chi connectivity index (χ4n) is 5.69. The molecule has 1 aromatic rings. The van der Waals surface area contributed by atoms with Crippen LogP contribution in [-0.4, -0.2) is 54.5 Å². The van der Waals surface area contributed by atoms with Gasteiger partial charge in [0.2, 0.25) is 11.8 Å². The van der Waals surface area contributed by atoms with Crippen LogP contribution in [0.15, 0.2) is 12.1 Å². The highest BCUT2D eigenvalue weighted by Crippen LogP contribution is 2.51. The van der Waals surface area contributed by atoms with Crippen molar-refractivity contribution in [3.05, 3.63) is 23.3 Å². The fraction of sp³-hybridized carbons (Fsp3) is 0.652. The first-order chi connectivity index (χ1) is 14.1. The van der Waals surface area contributed by atoms with Crippen molar-refractivity contribution in [1.82, 2.24) is 9.80 Å². The van der Waals surface area contributed by atoms with Crippen LogP contribution >= 0.6 is 0 Å². The summed E-state index contributed by atoms with van der Waals surface area (Å²) in [6.07, 6.45) is 7.07. The average molecular weight is 399 g/mol. The topological polar surface area (TPSA) is 59.1 Å². The summed E-state index contributed by atoms with van der Waals surface area (Å²) in [4.78, 5) is 29.3. The van der Waals surface area contributed by atoms with Gasteiger partial charge in [-0.1, -0.05) is 12.8 Å². The van der Waals surface area contributed by atoms with Crippen molar-refractivity contribution in [2.75, 3.05) is 32.8 Å². The lowest BCUT2D eigenvalue weighted by Crippen LogP contribution is -2.52. The Bertz CT molecular complexity index is 830. The maximum absolute atomic E-state index is 13.3. The number of benzene rings is 1. The summed E-state index contributed by atoms with van der Waals surface area (Å²) in [5, 5.41) is 0. The Kier molecular flexibility index (Phi) is 4.67. The van der Waals surface area contributed by atoms with Crippen molar-refractivity contribution >= 4 is 11.8 Å². The third-order valence-corrected chi connectivity index (χ3v) is 7.30. The molecular formula is C23H30N2O4. The lowest BCUT2D eigenvalue weighted by Gasteiger charge is -2.47. The molecule has 3 aliphatic heterocycles. The summed E-state index contributed by atoms with van der Waals surface area (Å²) in [5.41, 5.74) is 2.52. The third kappa shape index (κ3) is 3.17. The SMILES string of the molecule is CC1c2cc3c(cc2C2(CCCC2)CN1C(=O)CN1CCCCC1=O)OCCO3. The standard InChI is InChI=1S/C23H30N2O4/c1-16-17-12-19-20(29-11-10-28-19)13-18(17)23(7-3-4-8-23)15-25(16)22(27)14-24-9-5-2-6-21(24)26/h12-13,16H,2-11,14-15H2,1H3. The number of carbonyl (C=O) groups is 2. The summed E-state index contributed by atoms with van der Waals surface area (Å²) >= 11 is 0. The molecule has 2 amide bonds. The Morgan fingerprint density at radius 3 is 2.55 bits per heavy atom. The summed E-state index contributed by atoms with van der Waals surface area (Å²) in [5.74, 6) is 1.81. The Hall–Kier alpha value is -2.24. The molecule has 6 nitrogen and oxygen atoms in total. The minimum Gasteiger partial charge on any atom is -0.486 e. The number of amides is 2. The summed E-state index contributed by atoms with van der Waals surface area (Å²) < 4.78 is 11.7. The van der Waals surface area contributed by atoms with Gasteiger partial charge in [0, 0.05) is 24.9 Å². The van der Waals surface area contributed by atoms with Crippen LogP contribution in [0.25, 0.3) is 0 Å². The smallest absolute Gasteiger partial charge is 0.242 e. The lowest BCUT2D eigenvalue weighted by atomic mass is 9.71. The Balaban J connectivity index is 1.48. The number of piperidine rings is 1. The number of nitrogens with zero attached hydrogens (tertiary/aromatic N) is 2. The van der Waals surface area contributed by atoms with Gasteiger partial charge in [-0.15, -0.1) is 0 Å². The van der Waals surface area contributed by atoms with Crippen molar-refractivity contribution in [2.24, 2.45) is 0 Å². The number of hydrogen-bond acceptors (Lipinski definition) is 4. The highest BCUT2D eigenvalue weighted by molar-refractivity contribution is 5.86. The van der Waals surface area contributed by atoms with E-state index in [1.54, 1.807) is 4.90 Å². The van der Waals surface area contributed by atoms with Gasteiger partial charge in [-0.3, -0.25) is 9.59 Å². The minimum atomic E-state index is -0.0283. The molecule has 2 fully saturated rings. The zero-order valence-electron chi connectivity index (χ0n) is 17.2. The van der Waals surface area contributed by atoms with E-state index in [9.17, 15) is 9.59 Å². The van der Waals surface area contributed by atoms with Crippen molar-refractivity contribution in [2.45, 2.75) is 63.3 Å². The normalized spacial score (nSPS) is 25.3. The van der Waals surface area contributed by atoms with Crippen LogP contribution in [0.3, 0.4) is 0 Å². The molecular weight excluding hydrogens is 368 g/mol. The van der Waals surface area contributed by atoms with Crippen molar-refractivity contribution in [3.63, 3.8) is 0 Å².